The molecule has 1 heterocycles. The van der Waals surface area contributed by atoms with E-state index in [9.17, 15) is 14.4 Å². The predicted octanol–water partition coefficient (Wildman–Crippen LogP) is 2.30. The van der Waals surface area contributed by atoms with Crippen molar-refractivity contribution in [2.75, 3.05) is 11.9 Å². The number of amides is 1. The molecule has 1 N–H and O–H groups in total. The summed E-state index contributed by atoms with van der Waals surface area (Å²) < 4.78 is 5.02. The van der Waals surface area contributed by atoms with Gasteiger partial charge in [0.05, 0.1) is 12.0 Å². The minimum Gasteiger partial charge on any atom is -0.466 e. The minimum atomic E-state index is -0.723. The lowest BCUT2D eigenvalue weighted by Crippen LogP contribution is -2.38. The summed E-state index contributed by atoms with van der Waals surface area (Å²) in [6, 6.07) is 7.61. The van der Waals surface area contributed by atoms with Crippen LogP contribution >= 0.6 is 0 Å². The monoisotopic (exact) mass is 315 g/mol. The highest BCUT2D eigenvalue weighted by atomic mass is 16.5. The van der Waals surface area contributed by atoms with Gasteiger partial charge < -0.3 is 14.8 Å². The van der Waals surface area contributed by atoms with E-state index in [1.165, 1.54) is 0 Å². The van der Waals surface area contributed by atoms with Crippen LogP contribution in [0.5, 0.6) is 0 Å². The number of anilines is 1. The number of para-hydroxylation sites is 1. The average Bonchev–Trinajstić information content (AvgIpc) is 2.96. The molecule has 1 saturated carbocycles. The molecule has 0 bridgehead atoms. The summed E-state index contributed by atoms with van der Waals surface area (Å²) in [5.41, 5.74) is 1.03. The molecule has 5 heteroatoms. The normalized spacial score (nSPS) is 31.7. The molecular weight excluding hydrogens is 294 g/mol. The fourth-order valence-corrected chi connectivity index (χ4v) is 4.34. The van der Waals surface area contributed by atoms with E-state index >= 15 is 0 Å². The lowest BCUT2D eigenvalue weighted by atomic mass is 9.72. The molecular formula is C18H21NO4. The molecule has 1 amide bonds. The Balaban J connectivity index is 1.97. The summed E-state index contributed by atoms with van der Waals surface area (Å²) in [6.45, 7) is 4.02. The molecule has 122 valence electrons. The van der Waals surface area contributed by atoms with Gasteiger partial charge in [-0.15, -0.1) is 0 Å². The first-order valence-corrected chi connectivity index (χ1v) is 8.06. The number of hydrogen-bond acceptors (Lipinski definition) is 4. The number of nitrogens with one attached hydrogen (secondary N) is 1. The van der Waals surface area contributed by atoms with E-state index in [-0.39, 0.29) is 36.1 Å². The molecule has 4 atom stereocenters. The van der Waals surface area contributed by atoms with Crippen molar-refractivity contribution in [1.29, 1.82) is 0 Å². The summed E-state index contributed by atoms with van der Waals surface area (Å²) >= 11 is 0. The number of ether oxygens (including phenoxy) is 1. The van der Waals surface area contributed by atoms with Gasteiger partial charge in [0.25, 0.3) is 0 Å². The number of benzene rings is 1. The van der Waals surface area contributed by atoms with Crippen molar-refractivity contribution < 1.29 is 19.1 Å². The Morgan fingerprint density at radius 3 is 2.87 bits per heavy atom. The van der Waals surface area contributed by atoms with E-state index in [1.54, 1.807) is 6.92 Å². The van der Waals surface area contributed by atoms with Gasteiger partial charge in [-0.25, -0.2) is 0 Å². The number of esters is 1. The van der Waals surface area contributed by atoms with Crippen LogP contribution in [0.4, 0.5) is 5.69 Å². The van der Waals surface area contributed by atoms with Crippen molar-refractivity contribution in [3.8, 4) is 0 Å². The second-order valence-corrected chi connectivity index (χ2v) is 6.45. The van der Waals surface area contributed by atoms with E-state index in [1.807, 2.05) is 31.2 Å². The first kappa shape index (κ1) is 15.7. The van der Waals surface area contributed by atoms with Gasteiger partial charge in [-0.05, 0) is 36.8 Å². The third kappa shape index (κ3) is 2.26. The number of fused-ring (bicyclic) bond motifs is 2. The lowest BCUT2D eigenvalue weighted by Gasteiger charge is -2.27. The molecule has 3 rings (SSSR count). The summed E-state index contributed by atoms with van der Waals surface area (Å²) in [5, 5.41) is 2.93. The van der Waals surface area contributed by atoms with Crippen molar-refractivity contribution in [1.82, 2.24) is 0 Å². The molecule has 2 aliphatic rings. The summed E-state index contributed by atoms with van der Waals surface area (Å²) in [6.07, 6.45) is 1.58. The number of aldehydes is 1. The van der Waals surface area contributed by atoms with E-state index < -0.39 is 5.41 Å². The molecule has 1 aliphatic carbocycles. The molecule has 0 radical (unpaired) electrons. The molecule has 1 aromatic carbocycles. The maximum atomic E-state index is 12.7. The number of hydrogen-bond donors (Lipinski definition) is 1. The Morgan fingerprint density at radius 2 is 2.17 bits per heavy atom. The van der Waals surface area contributed by atoms with Crippen LogP contribution < -0.4 is 5.32 Å². The Bertz CT molecular complexity index is 656. The predicted molar refractivity (Wildman–Crippen MR) is 84.8 cm³/mol. The fraction of sp³-hybridized carbons (Fsp3) is 0.500. The molecule has 0 aromatic heterocycles. The second kappa shape index (κ2) is 5.80. The quantitative estimate of drug-likeness (QED) is 0.683. The highest BCUT2D eigenvalue weighted by molar-refractivity contribution is 6.07. The second-order valence-electron chi connectivity index (χ2n) is 6.45. The molecule has 1 aromatic rings. The van der Waals surface area contributed by atoms with Crippen molar-refractivity contribution in [2.45, 2.75) is 32.1 Å². The molecule has 1 fully saturated rings. The van der Waals surface area contributed by atoms with Crippen LogP contribution in [0.2, 0.25) is 0 Å². The average molecular weight is 315 g/mol. The zero-order chi connectivity index (χ0) is 16.6. The van der Waals surface area contributed by atoms with Crippen molar-refractivity contribution in [2.24, 2.45) is 17.8 Å². The first-order chi connectivity index (χ1) is 11.0. The number of carbonyl (C=O) groups excluding carboxylic acids is 3. The van der Waals surface area contributed by atoms with Gasteiger partial charge in [-0.3, -0.25) is 9.59 Å². The van der Waals surface area contributed by atoms with Gasteiger partial charge in [0.15, 0.2) is 0 Å². The van der Waals surface area contributed by atoms with Crippen LogP contribution in [0, 0.1) is 17.8 Å². The van der Waals surface area contributed by atoms with Gasteiger partial charge in [-0.1, -0.05) is 25.1 Å². The van der Waals surface area contributed by atoms with Gasteiger partial charge in [-0.2, -0.15) is 0 Å². The Morgan fingerprint density at radius 1 is 1.43 bits per heavy atom. The van der Waals surface area contributed by atoms with Crippen molar-refractivity contribution in [3.05, 3.63) is 29.8 Å². The van der Waals surface area contributed by atoms with Gasteiger partial charge in [0, 0.05) is 18.0 Å². The van der Waals surface area contributed by atoms with Crippen LogP contribution in [-0.2, 0) is 24.5 Å². The van der Waals surface area contributed by atoms with Crippen LogP contribution in [0.15, 0.2) is 24.3 Å². The molecule has 1 aliphatic heterocycles. The zero-order valence-electron chi connectivity index (χ0n) is 13.4. The third-order valence-electron chi connectivity index (χ3n) is 5.44. The van der Waals surface area contributed by atoms with Crippen LogP contribution in [0.3, 0.4) is 0 Å². The van der Waals surface area contributed by atoms with E-state index in [2.05, 4.69) is 5.32 Å². The maximum Gasteiger partial charge on any atom is 0.306 e. The highest BCUT2D eigenvalue weighted by Crippen LogP contribution is 2.56. The standard InChI is InChI=1S/C18H21NO4/c1-3-23-16(21)8-12-9-18(11(2)13(12)10-20)14-6-4-5-7-15(14)19-17(18)22/h4-7,10-13H,3,8-9H2,1-2H3,(H,19,22)/t11-,12-,13-,18+/m1/s1. The van der Waals surface area contributed by atoms with Crippen molar-refractivity contribution in [3.63, 3.8) is 0 Å². The van der Waals surface area contributed by atoms with Crippen LogP contribution in [0.1, 0.15) is 32.3 Å². The molecule has 1 spiro atoms. The smallest absolute Gasteiger partial charge is 0.306 e. The Labute approximate surface area is 135 Å². The Hall–Kier alpha value is -2.17. The van der Waals surface area contributed by atoms with E-state index in [0.717, 1.165) is 17.5 Å². The first-order valence-electron chi connectivity index (χ1n) is 8.06. The van der Waals surface area contributed by atoms with E-state index in [0.29, 0.717) is 13.0 Å². The fourth-order valence-electron chi connectivity index (χ4n) is 4.34. The summed E-state index contributed by atoms with van der Waals surface area (Å²) in [7, 11) is 0. The number of carbonyl (C=O) groups is 3. The Kier molecular flexibility index (Phi) is 3.96. The van der Waals surface area contributed by atoms with E-state index in [4.69, 9.17) is 4.74 Å². The summed E-state index contributed by atoms with van der Waals surface area (Å²) in [5.74, 6) is -1.01. The minimum absolute atomic E-state index is 0.0654. The lowest BCUT2D eigenvalue weighted by molar-refractivity contribution is -0.144. The number of rotatable bonds is 4. The summed E-state index contributed by atoms with van der Waals surface area (Å²) in [4.78, 5) is 36.2. The maximum absolute atomic E-state index is 12.7. The SMILES string of the molecule is CCOC(=O)C[C@@H]1C[C@]2(C(=O)Nc3ccccc32)[C@H](C)[C@H]1C=O. The van der Waals surface area contributed by atoms with Gasteiger partial charge in [0.2, 0.25) is 5.91 Å². The topological polar surface area (TPSA) is 72.5 Å². The zero-order valence-corrected chi connectivity index (χ0v) is 13.4. The molecule has 5 nitrogen and oxygen atoms in total. The highest BCUT2D eigenvalue weighted by Gasteiger charge is 2.59. The molecule has 0 unspecified atom stereocenters. The van der Waals surface area contributed by atoms with Crippen LogP contribution in [0.25, 0.3) is 0 Å². The molecule has 0 saturated heterocycles. The molecule has 23 heavy (non-hydrogen) atoms. The van der Waals surface area contributed by atoms with Crippen molar-refractivity contribution >= 4 is 23.9 Å². The van der Waals surface area contributed by atoms with Gasteiger partial charge in [0.1, 0.15) is 6.29 Å². The largest absolute Gasteiger partial charge is 0.466 e. The van der Waals surface area contributed by atoms with Crippen LogP contribution in [-0.4, -0.2) is 24.8 Å². The van der Waals surface area contributed by atoms with Gasteiger partial charge >= 0.3 is 5.97 Å². The third-order valence-corrected chi connectivity index (χ3v) is 5.44.